The molecule has 1 aliphatic rings. The molecule has 2 atom stereocenters. The van der Waals surface area contributed by atoms with Crippen LogP contribution in [0.1, 0.15) is 48.1 Å². The summed E-state index contributed by atoms with van der Waals surface area (Å²) >= 11 is 0. The van der Waals surface area contributed by atoms with Gasteiger partial charge >= 0.3 is 11.8 Å². The molecule has 1 aromatic heterocycles. The van der Waals surface area contributed by atoms with Crippen molar-refractivity contribution in [1.29, 1.82) is 0 Å². The van der Waals surface area contributed by atoms with Gasteiger partial charge in [0.25, 0.3) is 0 Å². The highest BCUT2D eigenvalue weighted by Crippen LogP contribution is 2.34. The topological polar surface area (TPSA) is 105 Å². The number of aromatic nitrogens is 1. The molecule has 3 N–H and O–H groups in total. The zero-order valence-corrected chi connectivity index (χ0v) is 15.8. The predicted octanol–water partition coefficient (Wildman–Crippen LogP) is 2.51. The smallest absolute Gasteiger partial charge is 0.313 e. The largest absolute Gasteiger partial charge is 0.366 e. The lowest BCUT2D eigenvalue weighted by molar-refractivity contribution is -0.146. The van der Waals surface area contributed by atoms with Crippen LogP contribution in [0.4, 0.5) is 5.69 Å². The second kappa shape index (κ2) is 8.65. The first-order chi connectivity index (χ1) is 13.5. The molecular formula is C21H24N4O3. The van der Waals surface area contributed by atoms with Gasteiger partial charge in [0.1, 0.15) is 0 Å². The van der Waals surface area contributed by atoms with Gasteiger partial charge in [0.15, 0.2) is 0 Å². The van der Waals surface area contributed by atoms with Crippen molar-refractivity contribution in [2.75, 3.05) is 11.9 Å². The van der Waals surface area contributed by atoms with Crippen LogP contribution < -0.4 is 11.1 Å². The third-order valence-corrected chi connectivity index (χ3v) is 5.18. The second-order valence-electron chi connectivity index (χ2n) is 7.02. The predicted molar refractivity (Wildman–Crippen MR) is 105 cm³/mol. The molecule has 0 spiro atoms. The van der Waals surface area contributed by atoms with Crippen LogP contribution in [-0.4, -0.2) is 34.2 Å². The van der Waals surface area contributed by atoms with Crippen LogP contribution in [0.2, 0.25) is 0 Å². The van der Waals surface area contributed by atoms with Crippen molar-refractivity contribution in [1.82, 2.24) is 9.88 Å². The standard InChI is InChI=1S/C21H24N4O3/c1-2-14-8-9-18(15-6-4-3-5-7-15)25(13-14)21(28)20(27)24-17-10-16(19(22)26)11-23-12-17/h3-7,10-12,14,18H,2,8-9,13H2,1H3,(H2,22,26)(H,24,27)/t14-,18+/m0/s1. The van der Waals surface area contributed by atoms with Crippen molar-refractivity contribution in [2.24, 2.45) is 11.7 Å². The molecule has 146 valence electrons. The molecule has 2 aromatic rings. The van der Waals surface area contributed by atoms with Crippen LogP contribution in [0.5, 0.6) is 0 Å². The van der Waals surface area contributed by atoms with Crippen LogP contribution in [0, 0.1) is 5.92 Å². The van der Waals surface area contributed by atoms with Crippen LogP contribution >= 0.6 is 0 Å². The summed E-state index contributed by atoms with van der Waals surface area (Å²) in [5.74, 6) is -1.62. The average molecular weight is 380 g/mol. The number of likely N-dealkylation sites (tertiary alicyclic amines) is 1. The van der Waals surface area contributed by atoms with Gasteiger partial charge in [-0.3, -0.25) is 19.4 Å². The lowest BCUT2D eigenvalue weighted by atomic mass is 9.87. The van der Waals surface area contributed by atoms with E-state index in [-0.39, 0.29) is 17.3 Å². The summed E-state index contributed by atoms with van der Waals surface area (Å²) in [5, 5.41) is 2.54. The Morgan fingerprint density at radius 2 is 1.93 bits per heavy atom. The monoisotopic (exact) mass is 380 g/mol. The number of nitrogens with two attached hydrogens (primary N) is 1. The Kier molecular flexibility index (Phi) is 6.03. The van der Waals surface area contributed by atoms with E-state index in [0.717, 1.165) is 24.8 Å². The number of hydrogen-bond donors (Lipinski definition) is 2. The van der Waals surface area contributed by atoms with E-state index in [1.54, 1.807) is 4.90 Å². The zero-order chi connectivity index (χ0) is 20.1. The molecule has 7 nitrogen and oxygen atoms in total. The number of amides is 3. The highest BCUT2D eigenvalue weighted by atomic mass is 16.2. The van der Waals surface area contributed by atoms with Crippen LogP contribution in [0.15, 0.2) is 48.8 Å². The average Bonchev–Trinajstić information content (AvgIpc) is 2.73. The first-order valence-electron chi connectivity index (χ1n) is 9.41. The van der Waals surface area contributed by atoms with Crippen molar-refractivity contribution >= 4 is 23.4 Å². The third kappa shape index (κ3) is 4.36. The SMILES string of the molecule is CC[C@H]1CC[C@H](c2ccccc2)N(C(=O)C(=O)Nc2cncc(C(N)=O)c2)C1. The Hall–Kier alpha value is -3.22. The van der Waals surface area contributed by atoms with E-state index < -0.39 is 17.7 Å². The summed E-state index contributed by atoms with van der Waals surface area (Å²) in [7, 11) is 0. The van der Waals surface area contributed by atoms with E-state index in [2.05, 4.69) is 17.2 Å². The molecule has 0 saturated carbocycles. The van der Waals surface area contributed by atoms with Gasteiger partial charge in [-0.2, -0.15) is 0 Å². The van der Waals surface area contributed by atoms with Crippen LogP contribution in [-0.2, 0) is 9.59 Å². The molecule has 0 bridgehead atoms. The minimum atomic E-state index is -0.749. The van der Waals surface area contributed by atoms with Crippen molar-refractivity contribution < 1.29 is 14.4 Å². The number of pyridine rings is 1. The second-order valence-corrected chi connectivity index (χ2v) is 7.02. The minimum absolute atomic E-state index is 0.127. The van der Waals surface area contributed by atoms with E-state index in [1.165, 1.54) is 18.5 Å². The first kappa shape index (κ1) is 19.5. The zero-order valence-electron chi connectivity index (χ0n) is 15.8. The molecule has 1 saturated heterocycles. The minimum Gasteiger partial charge on any atom is -0.366 e. The van der Waals surface area contributed by atoms with E-state index >= 15 is 0 Å². The maximum absolute atomic E-state index is 13.0. The number of hydrogen-bond acceptors (Lipinski definition) is 4. The number of nitrogens with one attached hydrogen (secondary N) is 1. The van der Waals surface area contributed by atoms with Crippen molar-refractivity contribution in [3.05, 3.63) is 59.9 Å². The van der Waals surface area contributed by atoms with Crippen molar-refractivity contribution in [3.63, 3.8) is 0 Å². The normalized spacial score (nSPS) is 19.1. The van der Waals surface area contributed by atoms with Gasteiger partial charge in [-0.15, -0.1) is 0 Å². The summed E-state index contributed by atoms with van der Waals surface area (Å²) in [6.07, 6.45) is 5.48. The maximum Gasteiger partial charge on any atom is 0.313 e. The molecule has 0 aliphatic carbocycles. The van der Waals surface area contributed by atoms with E-state index in [9.17, 15) is 14.4 Å². The summed E-state index contributed by atoms with van der Waals surface area (Å²) in [6.45, 7) is 2.64. The van der Waals surface area contributed by atoms with Gasteiger partial charge in [0, 0.05) is 12.7 Å². The molecule has 7 heteroatoms. The molecule has 0 radical (unpaired) electrons. The quantitative estimate of drug-likeness (QED) is 0.795. The number of carbonyl (C=O) groups is 3. The number of primary amides is 1. The van der Waals surface area contributed by atoms with Crippen LogP contribution in [0.3, 0.4) is 0 Å². The highest BCUT2D eigenvalue weighted by molar-refractivity contribution is 6.39. The number of rotatable bonds is 4. The fourth-order valence-electron chi connectivity index (χ4n) is 3.58. The van der Waals surface area contributed by atoms with Crippen molar-refractivity contribution in [2.45, 2.75) is 32.2 Å². The van der Waals surface area contributed by atoms with Crippen LogP contribution in [0.25, 0.3) is 0 Å². The molecule has 0 unspecified atom stereocenters. The molecule has 3 rings (SSSR count). The first-order valence-corrected chi connectivity index (χ1v) is 9.41. The van der Waals surface area contributed by atoms with E-state index in [4.69, 9.17) is 5.73 Å². The molecule has 1 fully saturated rings. The summed E-state index contributed by atoms with van der Waals surface area (Å²) in [6, 6.07) is 11.0. The number of nitrogens with zero attached hydrogens (tertiary/aromatic N) is 2. The Labute approximate surface area is 163 Å². The third-order valence-electron chi connectivity index (χ3n) is 5.18. The molecule has 1 aliphatic heterocycles. The van der Waals surface area contributed by atoms with Gasteiger partial charge < -0.3 is 16.0 Å². The van der Waals surface area contributed by atoms with Gasteiger partial charge in [0.05, 0.1) is 23.5 Å². The highest BCUT2D eigenvalue weighted by Gasteiger charge is 2.34. The Balaban J connectivity index is 1.79. The number of piperidine rings is 1. The van der Waals surface area contributed by atoms with Gasteiger partial charge in [-0.05, 0) is 30.4 Å². The lowest BCUT2D eigenvalue weighted by Gasteiger charge is -2.39. The number of anilines is 1. The van der Waals surface area contributed by atoms with Gasteiger partial charge in [0.2, 0.25) is 5.91 Å². The molecular weight excluding hydrogens is 356 g/mol. The molecule has 1 aromatic carbocycles. The Morgan fingerprint density at radius 3 is 2.61 bits per heavy atom. The van der Waals surface area contributed by atoms with Crippen molar-refractivity contribution in [3.8, 4) is 0 Å². The number of carbonyl (C=O) groups excluding carboxylic acids is 3. The summed E-state index contributed by atoms with van der Waals surface area (Å²) in [4.78, 5) is 42.4. The summed E-state index contributed by atoms with van der Waals surface area (Å²) < 4.78 is 0. The number of benzene rings is 1. The van der Waals surface area contributed by atoms with E-state index in [1.807, 2.05) is 30.3 Å². The molecule has 3 amide bonds. The van der Waals surface area contributed by atoms with E-state index in [0.29, 0.717) is 12.5 Å². The lowest BCUT2D eigenvalue weighted by Crippen LogP contribution is -2.46. The molecule has 2 heterocycles. The summed E-state index contributed by atoms with van der Waals surface area (Å²) in [5.41, 5.74) is 6.68. The fourth-order valence-corrected chi connectivity index (χ4v) is 3.58. The molecule has 28 heavy (non-hydrogen) atoms. The Bertz CT molecular complexity index is 869. The fraction of sp³-hybridized carbons (Fsp3) is 0.333. The van der Waals surface area contributed by atoms with Gasteiger partial charge in [-0.25, -0.2) is 0 Å². The maximum atomic E-state index is 13.0. The van der Waals surface area contributed by atoms with Gasteiger partial charge in [-0.1, -0.05) is 43.7 Å². The Morgan fingerprint density at radius 1 is 1.18 bits per heavy atom.